The zero-order chi connectivity index (χ0) is 21.7. The summed E-state index contributed by atoms with van der Waals surface area (Å²) in [6.45, 7) is 0.188. The number of carbonyl (C=O) groups is 2. The predicted molar refractivity (Wildman–Crippen MR) is 114 cm³/mol. The van der Waals surface area contributed by atoms with Gasteiger partial charge < -0.3 is 21.5 Å². The molecule has 1 aromatic heterocycles. The quantitative estimate of drug-likeness (QED) is 0.282. The Balaban J connectivity index is 1.90. The van der Waals surface area contributed by atoms with Gasteiger partial charge >= 0.3 is 5.97 Å². The average molecular weight is 403 g/mol. The van der Waals surface area contributed by atoms with Crippen LogP contribution in [0.5, 0.6) is 0 Å². The van der Waals surface area contributed by atoms with Crippen molar-refractivity contribution < 1.29 is 14.3 Å². The van der Waals surface area contributed by atoms with Crippen molar-refractivity contribution in [3.05, 3.63) is 83.0 Å². The molecule has 0 fully saturated rings. The maximum absolute atomic E-state index is 12.4. The monoisotopic (exact) mass is 403 g/mol. The highest BCUT2D eigenvalue weighted by molar-refractivity contribution is 5.97. The molecule has 3 rings (SSSR count). The van der Waals surface area contributed by atoms with Gasteiger partial charge in [-0.15, -0.1) is 0 Å². The molecule has 0 aliphatic carbocycles. The predicted octanol–water partition coefficient (Wildman–Crippen LogP) is 2.33. The van der Waals surface area contributed by atoms with Crippen molar-refractivity contribution in [2.24, 2.45) is 5.73 Å². The second-order valence-electron chi connectivity index (χ2n) is 6.56. The number of nitrogen functional groups attached to an aromatic ring is 2. The topological polar surface area (TPSA) is 144 Å². The van der Waals surface area contributed by atoms with Crippen molar-refractivity contribution in [2.75, 3.05) is 12.8 Å². The first-order valence-corrected chi connectivity index (χ1v) is 9.04. The summed E-state index contributed by atoms with van der Waals surface area (Å²) in [4.78, 5) is 28.4. The van der Waals surface area contributed by atoms with E-state index in [9.17, 15) is 9.59 Å². The lowest BCUT2D eigenvalue weighted by Crippen LogP contribution is -2.23. The summed E-state index contributed by atoms with van der Waals surface area (Å²) in [6.07, 6.45) is 1.40. The number of amidine groups is 1. The number of rotatable bonds is 6. The molecule has 0 bridgehead atoms. The maximum atomic E-state index is 12.4. The molecule has 3 aromatic rings. The summed E-state index contributed by atoms with van der Waals surface area (Å²) in [7, 11) is 1.31. The van der Waals surface area contributed by atoms with E-state index in [0.29, 0.717) is 28.1 Å². The molecular formula is C22H21N5O3. The maximum Gasteiger partial charge on any atom is 0.337 e. The molecule has 0 atom stereocenters. The highest BCUT2D eigenvalue weighted by atomic mass is 16.5. The van der Waals surface area contributed by atoms with Crippen LogP contribution in [-0.4, -0.2) is 29.8 Å². The number of amides is 1. The Hall–Kier alpha value is -4.20. The number of pyridine rings is 1. The van der Waals surface area contributed by atoms with Crippen LogP contribution in [0.1, 0.15) is 31.8 Å². The van der Waals surface area contributed by atoms with Gasteiger partial charge in [0.1, 0.15) is 11.7 Å². The van der Waals surface area contributed by atoms with E-state index >= 15 is 0 Å². The van der Waals surface area contributed by atoms with E-state index in [2.05, 4.69) is 10.3 Å². The largest absolute Gasteiger partial charge is 0.465 e. The van der Waals surface area contributed by atoms with Gasteiger partial charge in [0.05, 0.1) is 18.2 Å². The summed E-state index contributed by atoms with van der Waals surface area (Å²) in [6, 6.07) is 15.5. The normalized spacial score (nSPS) is 10.3. The Morgan fingerprint density at radius 1 is 1.03 bits per heavy atom. The highest BCUT2D eigenvalue weighted by Gasteiger charge is 2.12. The average Bonchev–Trinajstić information content (AvgIpc) is 2.77. The van der Waals surface area contributed by atoms with Gasteiger partial charge in [0.2, 0.25) is 0 Å². The van der Waals surface area contributed by atoms with E-state index in [4.69, 9.17) is 21.6 Å². The molecule has 8 heteroatoms. The number of anilines is 1. The lowest BCUT2D eigenvalue weighted by Gasteiger charge is -2.11. The van der Waals surface area contributed by atoms with E-state index in [1.54, 1.807) is 42.5 Å². The number of esters is 1. The summed E-state index contributed by atoms with van der Waals surface area (Å²) >= 11 is 0. The van der Waals surface area contributed by atoms with Crippen LogP contribution < -0.4 is 16.8 Å². The number of benzene rings is 2. The van der Waals surface area contributed by atoms with E-state index in [1.165, 1.54) is 13.3 Å². The number of nitrogens with two attached hydrogens (primary N) is 2. The van der Waals surface area contributed by atoms with Gasteiger partial charge in [-0.25, -0.2) is 9.78 Å². The van der Waals surface area contributed by atoms with Crippen molar-refractivity contribution in [1.82, 2.24) is 10.3 Å². The van der Waals surface area contributed by atoms with Crippen LogP contribution in [0.3, 0.4) is 0 Å². The smallest absolute Gasteiger partial charge is 0.337 e. The number of carbonyl (C=O) groups excluding carboxylic acids is 2. The van der Waals surface area contributed by atoms with Gasteiger partial charge in [-0.3, -0.25) is 10.2 Å². The van der Waals surface area contributed by atoms with E-state index in [1.807, 2.05) is 12.1 Å². The van der Waals surface area contributed by atoms with Crippen LogP contribution in [0.25, 0.3) is 11.1 Å². The minimum absolute atomic E-state index is 0.0504. The molecule has 0 unspecified atom stereocenters. The minimum atomic E-state index is -0.491. The Labute approximate surface area is 173 Å². The zero-order valence-electron chi connectivity index (χ0n) is 16.3. The van der Waals surface area contributed by atoms with Crippen molar-refractivity contribution in [2.45, 2.75) is 6.54 Å². The van der Waals surface area contributed by atoms with Crippen molar-refractivity contribution in [3.8, 4) is 11.1 Å². The first kappa shape index (κ1) is 20.5. The number of hydrogen-bond acceptors (Lipinski definition) is 6. The fraction of sp³-hybridized carbons (Fsp3) is 0.0909. The fourth-order valence-corrected chi connectivity index (χ4v) is 2.89. The lowest BCUT2D eigenvalue weighted by atomic mass is 9.98. The molecule has 0 aliphatic heterocycles. The molecular weight excluding hydrogens is 382 g/mol. The van der Waals surface area contributed by atoms with Gasteiger partial charge in [-0.2, -0.15) is 0 Å². The molecule has 0 saturated carbocycles. The Kier molecular flexibility index (Phi) is 6.07. The highest BCUT2D eigenvalue weighted by Crippen LogP contribution is 2.24. The summed E-state index contributed by atoms with van der Waals surface area (Å²) in [5, 5.41) is 10.4. The van der Waals surface area contributed by atoms with Crippen LogP contribution in [0.4, 0.5) is 5.82 Å². The van der Waals surface area contributed by atoms with Crippen LogP contribution >= 0.6 is 0 Å². The lowest BCUT2D eigenvalue weighted by molar-refractivity contribution is 0.0600. The van der Waals surface area contributed by atoms with Gasteiger partial charge in [0.25, 0.3) is 5.91 Å². The number of methoxy groups -OCH3 is 1. The molecule has 1 heterocycles. The summed E-state index contributed by atoms with van der Waals surface area (Å²) < 4.78 is 4.85. The van der Waals surface area contributed by atoms with Gasteiger partial charge in [-0.1, -0.05) is 18.2 Å². The second kappa shape index (κ2) is 8.87. The Morgan fingerprint density at radius 2 is 1.80 bits per heavy atom. The molecule has 152 valence electrons. The number of ether oxygens (including phenoxy) is 1. The molecule has 1 amide bonds. The molecule has 8 nitrogen and oxygen atoms in total. The van der Waals surface area contributed by atoms with Gasteiger partial charge in [-0.05, 0) is 53.1 Å². The molecule has 0 radical (unpaired) electrons. The molecule has 0 aliphatic rings. The van der Waals surface area contributed by atoms with E-state index in [-0.39, 0.29) is 18.3 Å². The SMILES string of the molecule is COC(=O)c1cc(CNC(=O)c2ccc(N)nc2)cc(-c2cccc(C(=N)N)c2)c1. The first-order valence-electron chi connectivity index (χ1n) is 9.04. The molecule has 0 saturated heterocycles. The van der Waals surface area contributed by atoms with Crippen LogP contribution in [0.15, 0.2) is 60.8 Å². The Morgan fingerprint density at radius 3 is 2.47 bits per heavy atom. The second-order valence-corrected chi connectivity index (χ2v) is 6.56. The van der Waals surface area contributed by atoms with Crippen LogP contribution in [-0.2, 0) is 11.3 Å². The standard InChI is InChI=1S/C22H21N5O3/c1-30-22(29)18-8-13(11-27-21(28)16-5-6-19(23)26-12-16)7-17(10-18)14-3-2-4-15(9-14)20(24)25/h2-10,12H,11H2,1H3,(H2,23,26)(H3,24,25)(H,27,28). The third-order valence-electron chi connectivity index (χ3n) is 4.42. The van der Waals surface area contributed by atoms with Crippen molar-refractivity contribution in [1.29, 1.82) is 5.41 Å². The summed E-state index contributed by atoms with van der Waals surface area (Å²) in [5.74, 6) is -0.527. The fourth-order valence-electron chi connectivity index (χ4n) is 2.89. The minimum Gasteiger partial charge on any atom is -0.465 e. The molecule has 30 heavy (non-hydrogen) atoms. The Bertz CT molecular complexity index is 1110. The van der Waals surface area contributed by atoms with Crippen molar-refractivity contribution in [3.63, 3.8) is 0 Å². The summed E-state index contributed by atoms with van der Waals surface area (Å²) in [5.41, 5.74) is 14.6. The molecule has 6 N–H and O–H groups in total. The number of hydrogen-bond donors (Lipinski definition) is 4. The molecule has 2 aromatic carbocycles. The number of aromatic nitrogens is 1. The van der Waals surface area contributed by atoms with Crippen LogP contribution in [0.2, 0.25) is 0 Å². The third kappa shape index (κ3) is 4.79. The molecule has 0 spiro atoms. The van der Waals surface area contributed by atoms with Crippen LogP contribution in [0, 0.1) is 5.41 Å². The van der Waals surface area contributed by atoms with Gasteiger partial charge in [0, 0.05) is 18.3 Å². The van der Waals surface area contributed by atoms with E-state index in [0.717, 1.165) is 11.1 Å². The van der Waals surface area contributed by atoms with Crippen molar-refractivity contribution >= 4 is 23.5 Å². The zero-order valence-corrected chi connectivity index (χ0v) is 16.3. The number of nitrogens with one attached hydrogen (secondary N) is 2. The third-order valence-corrected chi connectivity index (χ3v) is 4.42. The first-order chi connectivity index (χ1) is 14.4. The number of nitrogens with zero attached hydrogens (tertiary/aromatic N) is 1. The van der Waals surface area contributed by atoms with E-state index < -0.39 is 5.97 Å². The van der Waals surface area contributed by atoms with Gasteiger partial charge in [0.15, 0.2) is 0 Å².